The van der Waals surface area contributed by atoms with E-state index in [0.717, 1.165) is 25.3 Å². The maximum Gasteiger partial charge on any atom is 0.119 e. The summed E-state index contributed by atoms with van der Waals surface area (Å²) in [6.07, 6.45) is 0.667. The molecule has 1 unspecified atom stereocenters. The maximum atomic E-state index is 9.70. The molecule has 0 aliphatic carbocycles. The summed E-state index contributed by atoms with van der Waals surface area (Å²) >= 11 is 0. The smallest absolute Gasteiger partial charge is 0.119 e. The molecule has 0 saturated carbocycles. The molecular weight excluding hydrogens is 254 g/mol. The van der Waals surface area contributed by atoms with Gasteiger partial charge in [-0.05, 0) is 44.5 Å². The fraction of sp³-hybridized carbons (Fsp3) is 0.625. The van der Waals surface area contributed by atoms with Crippen LogP contribution >= 0.6 is 0 Å². The third-order valence-electron chi connectivity index (χ3n) is 2.74. The van der Waals surface area contributed by atoms with E-state index < -0.39 is 6.10 Å². The Kier molecular flexibility index (Phi) is 8.26. The highest BCUT2D eigenvalue weighted by molar-refractivity contribution is 5.27. The lowest BCUT2D eigenvalue weighted by Crippen LogP contribution is -2.25. The monoisotopic (exact) mass is 281 g/mol. The van der Waals surface area contributed by atoms with Crippen LogP contribution in [0.4, 0.5) is 0 Å². The Hall–Kier alpha value is -1.10. The highest BCUT2D eigenvalue weighted by Crippen LogP contribution is 2.12. The number of ether oxygens (including phenoxy) is 2. The first kappa shape index (κ1) is 17.0. The Labute approximate surface area is 122 Å². The van der Waals surface area contributed by atoms with Gasteiger partial charge in [0.1, 0.15) is 18.5 Å². The van der Waals surface area contributed by atoms with Gasteiger partial charge in [0.05, 0.1) is 12.7 Å². The molecule has 0 aliphatic rings. The zero-order chi connectivity index (χ0) is 14.8. The van der Waals surface area contributed by atoms with Crippen LogP contribution in [0.5, 0.6) is 5.75 Å². The van der Waals surface area contributed by atoms with Gasteiger partial charge >= 0.3 is 0 Å². The molecule has 1 aromatic carbocycles. The molecule has 114 valence electrons. The second-order valence-corrected chi connectivity index (χ2v) is 5.17. The van der Waals surface area contributed by atoms with E-state index in [0.29, 0.717) is 6.61 Å². The van der Waals surface area contributed by atoms with Crippen molar-refractivity contribution in [3.8, 4) is 5.75 Å². The standard InChI is InChI=1S/C16H27NO3/c1-4-9-17-10-14-5-7-16(8-6-14)20-12-15(18)11-19-13(2)3/h5-8,13,15,17-18H,4,9-12H2,1-3H3. The van der Waals surface area contributed by atoms with E-state index in [2.05, 4.69) is 12.2 Å². The predicted molar refractivity (Wildman–Crippen MR) is 81.0 cm³/mol. The molecule has 0 fully saturated rings. The van der Waals surface area contributed by atoms with Crippen molar-refractivity contribution in [1.82, 2.24) is 5.32 Å². The van der Waals surface area contributed by atoms with Gasteiger partial charge in [0, 0.05) is 6.54 Å². The average Bonchev–Trinajstić information content (AvgIpc) is 2.44. The van der Waals surface area contributed by atoms with Crippen molar-refractivity contribution in [2.75, 3.05) is 19.8 Å². The van der Waals surface area contributed by atoms with Gasteiger partial charge in [0.2, 0.25) is 0 Å². The Morgan fingerprint density at radius 2 is 1.85 bits per heavy atom. The molecule has 0 heterocycles. The zero-order valence-electron chi connectivity index (χ0n) is 12.8. The van der Waals surface area contributed by atoms with E-state index in [4.69, 9.17) is 9.47 Å². The highest BCUT2D eigenvalue weighted by Gasteiger charge is 2.06. The molecule has 1 atom stereocenters. The summed E-state index contributed by atoms with van der Waals surface area (Å²) in [6, 6.07) is 7.93. The molecule has 2 N–H and O–H groups in total. The first-order valence-corrected chi connectivity index (χ1v) is 7.34. The molecule has 0 spiro atoms. The van der Waals surface area contributed by atoms with Crippen LogP contribution in [-0.4, -0.2) is 37.1 Å². The van der Waals surface area contributed by atoms with Crippen LogP contribution in [0.3, 0.4) is 0 Å². The number of benzene rings is 1. The SMILES string of the molecule is CCCNCc1ccc(OCC(O)COC(C)C)cc1. The molecule has 0 amide bonds. The third kappa shape index (κ3) is 7.48. The Bertz CT molecular complexity index is 351. The van der Waals surface area contributed by atoms with Gasteiger partial charge in [-0.3, -0.25) is 0 Å². The molecule has 0 bridgehead atoms. The molecule has 20 heavy (non-hydrogen) atoms. The summed E-state index contributed by atoms with van der Waals surface area (Å²) in [5, 5.41) is 13.0. The summed E-state index contributed by atoms with van der Waals surface area (Å²) in [5.41, 5.74) is 1.23. The van der Waals surface area contributed by atoms with Crippen LogP contribution < -0.4 is 10.1 Å². The van der Waals surface area contributed by atoms with Gasteiger partial charge < -0.3 is 19.9 Å². The van der Waals surface area contributed by atoms with Crippen LogP contribution in [0.25, 0.3) is 0 Å². The number of hydrogen-bond acceptors (Lipinski definition) is 4. The zero-order valence-corrected chi connectivity index (χ0v) is 12.8. The lowest BCUT2D eigenvalue weighted by atomic mass is 10.2. The summed E-state index contributed by atoms with van der Waals surface area (Å²) in [4.78, 5) is 0. The number of aliphatic hydroxyl groups excluding tert-OH is 1. The van der Waals surface area contributed by atoms with Crippen LogP contribution in [0.2, 0.25) is 0 Å². The van der Waals surface area contributed by atoms with E-state index in [1.807, 2.05) is 38.1 Å². The van der Waals surface area contributed by atoms with E-state index in [1.165, 1.54) is 5.56 Å². The molecule has 0 aromatic heterocycles. The number of nitrogens with one attached hydrogen (secondary N) is 1. The van der Waals surface area contributed by atoms with Crippen LogP contribution in [-0.2, 0) is 11.3 Å². The van der Waals surface area contributed by atoms with Crippen molar-refractivity contribution >= 4 is 0 Å². The number of hydrogen-bond donors (Lipinski definition) is 2. The molecule has 1 rings (SSSR count). The summed E-state index contributed by atoms with van der Waals surface area (Å²) in [6.45, 7) is 8.49. The summed E-state index contributed by atoms with van der Waals surface area (Å²) < 4.78 is 10.9. The minimum Gasteiger partial charge on any atom is -0.491 e. The van der Waals surface area contributed by atoms with Gasteiger partial charge in [0.25, 0.3) is 0 Å². The second-order valence-electron chi connectivity index (χ2n) is 5.17. The fourth-order valence-corrected chi connectivity index (χ4v) is 1.66. The first-order chi connectivity index (χ1) is 9.61. The topological polar surface area (TPSA) is 50.7 Å². The molecule has 0 saturated heterocycles. The summed E-state index contributed by atoms with van der Waals surface area (Å²) in [5.74, 6) is 0.771. The molecule has 0 aliphatic heterocycles. The first-order valence-electron chi connectivity index (χ1n) is 7.34. The van der Waals surface area contributed by atoms with Crippen molar-refractivity contribution in [2.24, 2.45) is 0 Å². The Morgan fingerprint density at radius 3 is 2.45 bits per heavy atom. The number of aliphatic hydroxyl groups is 1. The minimum absolute atomic E-state index is 0.125. The van der Waals surface area contributed by atoms with Crippen molar-refractivity contribution in [2.45, 2.75) is 45.9 Å². The Balaban J connectivity index is 2.27. The quantitative estimate of drug-likeness (QED) is 0.646. The van der Waals surface area contributed by atoms with Crippen LogP contribution in [0.1, 0.15) is 32.8 Å². The Morgan fingerprint density at radius 1 is 1.15 bits per heavy atom. The second kappa shape index (κ2) is 9.75. The van der Waals surface area contributed by atoms with E-state index in [-0.39, 0.29) is 12.7 Å². The van der Waals surface area contributed by atoms with Crippen LogP contribution in [0.15, 0.2) is 24.3 Å². The molecule has 1 aromatic rings. The van der Waals surface area contributed by atoms with Crippen molar-refractivity contribution < 1.29 is 14.6 Å². The minimum atomic E-state index is -0.594. The highest BCUT2D eigenvalue weighted by atomic mass is 16.5. The van der Waals surface area contributed by atoms with E-state index in [1.54, 1.807) is 0 Å². The molecule has 4 nitrogen and oxygen atoms in total. The average molecular weight is 281 g/mol. The third-order valence-corrected chi connectivity index (χ3v) is 2.74. The molecule has 0 radical (unpaired) electrons. The number of rotatable bonds is 10. The maximum absolute atomic E-state index is 9.70. The van der Waals surface area contributed by atoms with Gasteiger partial charge in [-0.1, -0.05) is 19.1 Å². The fourth-order valence-electron chi connectivity index (χ4n) is 1.66. The van der Waals surface area contributed by atoms with E-state index >= 15 is 0 Å². The predicted octanol–water partition coefficient (Wildman–Crippen LogP) is 2.35. The van der Waals surface area contributed by atoms with Gasteiger partial charge in [0.15, 0.2) is 0 Å². The lowest BCUT2D eigenvalue weighted by molar-refractivity contribution is -0.0122. The van der Waals surface area contributed by atoms with Crippen LogP contribution in [0, 0.1) is 0 Å². The van der Waals surface area contributed by atoms with Crippen molar-refractivity contribution in [3.05, 3.63) is 29.8 Å². The lowest BCUT2D eigenvalue weighted by Gasteiger charge is -2.14. The normalized spacial score (nSPS) is 12.7. The largest absolute Gasteiger partial charge is 0.491 e. The molecular formula is C16H27NO3. The van der Waals surface area contributed by atoms with Crippen molar-refractivity contribution in [1.29, 1.82) is 0 Å². The van der Waals surface area contributed by atoms with E-state index in [9.17, 15) is 5.11 Å². The van der Waals surface area contributed by atoms with Crippen molar-refractivity contribution in [3.63, 3.8) is 0 Å². The summed E-state index contributed by atoms with van der Waals surface area (Å²) in [7, 11) is 0. The van der Waals surface area contributed by atoms with Gasteiger partial charge in [-0.25, -0.2) is 0 Å². The van der Waals surface area contributed by atoms with Gasteiger partial charge in [-0.2, -0.15) is 0 Å². The molecule has 4 heteroatoms. The van der Waals surface area contributed by atoms with Gasteiger partial charge in [-0.15, -0.1) is 0 Å².